The van der Waals surface area contributed by atoms with E-state index < -0.39 is 0 Å². The van der Waals surface area contributed by atoms with Crippen molar-refractivity contribution in [2.75, 3.05) is 46.4 Å². The standard InChI is InChI=1S/C21H29N3O2S/c1-3-12-26-18-7-6-17(20(25)14-18)15-22-16-19(21-5-4-13-27-21)24-10-8-23(2)9-11-24/h4-7,13-15,19,25H,3,8-12,16H2,1-2H3/t19-/m1/s1. The fourth-order valence-electron chi connectivity index (χ4n) is 3.19. The molecule has 1 N–H and O–H groups in total. The van der Waals surface area contributed by atoms with E-state index in [0.29, 0.717) is 24.9 Å². The first kappa shape index (κ1) is 19.9. The number of piperazine rings is 1. The molecule has 1 aromatic heterocycles. The van der Waals surface area contributed by atoms with E-state index in [-0.39, 0.29) is 5.75 Å². The van der Waals surface area contributed by atoms with Crippen LogP contribution in [0, 0.1) is 0 Å². The second kappa shape index (κ2) is 9.88. The largest absolute Gasteiger partial charge is 0.507 e. The monoisotopic (exact) mass is 387 g/mol. The number of thiophene rings is 1. The minimum Gasteiger partial charge on any atom is -0.507 e. The molecule has 0 radical (unpaired) electrons. The third-order valence-electron chi connectivity index (χ3n) is 4.83. The van der Waals surface area contributed by atoms with E-state index in [1.54, 1.807) is 23.6 Å². The van der Waals surface area contributed by atoms with Crippen LogP contribution in [0.1, 0.15) is 29.8 Å². The van der Waals surface area contributed by atoms with Crippen LogP contribution in [0.2, 0.25) is 0 Å². The summed E-state index contributed by atoms with van der Waals surface area (Å²) < 4.78 is 5.56. The van der Waals surface area contributed by atoms with Crippen molar-refractivity contribution in [3.05, 3.63) is 46.2 Å². The van der Waals surface area contributed by atoms with Crippen molar-refractivity contribution in [2.24, 2.45) is 4.99 Å². The van der Waals surface area contributed by atoms with E-state index in [1.165, 1.54) is 4.88 Å². The first-order chi connectivity index (χ1) is 13.2. The van der Waals surface area contributed by atoms with E-state index >= 15 is 0 Å². The van der Waals surface area contributed by atoms with Gasteiger partial charge in [-0.25, -0.2) is 0 Å². The summed E-state index contributed by atoms with van der Waals surface area (Å²) in [6.45, 7) is 7.70. The number of ether oxygens (including phenoxy) is 1. The minimum atomic E-state index is 0.208. The summed E-state index contributed by atoms with van der Waals surface area (Å²) in [7, 11) is 2.17. The van der Waals surface area contributed by atoms with Crippen LogP contribution in [-0.4, -0.2) is 67.5 Å². The quantitative estimate of drug-likeness (QED) is 0.703. The number of aromatic hydroxyl groups is 1. The maximum atomic E-state index is 10.2. The molecule has 1 aliphatic rings. The van der Waals surface area contributed by atoms with Gasteiger partial charge in [0, 0.05) is 48.9 Å². The molecule has 1 aromatic carbocycles. The Morgan fingerprint density at radius 3 is 2.74 bits per heavy atom. The predicted molar refractivity (Wildman–Crippen MR) is 112 cm³/mol. The molecule has 1 saturated heterocycles. The lowest BCUT2D eigenvalue weighted by atomic mass is 10.1. The number of likely N-dealkylation sites (N-methyl/N-ethyl adjacent to an activating group) is 1. The summed E-state index contributed by atoms with van der Waals surface area (Å²) >= 11 is 1.79. The van der Waals surface area contributed by atoms with Gasteiger partial charge in [-0.2, -0.15) is 0 Å². The second-order valence-electron chi connectivity index (χ2n) is 6.93. The van der Waals surface area contributed by atoms with E-state index in [9.17, 15) is 5.11 Å². The van der Waals surface area contributed by atoms with Crippen LogP contribution in [0.15, 0.2) is 40.7 Å². The Kier molecular flexibility index (Phi) is 7.26. The van der Waals surface area contributed by atoms with Crippen molar-refractivity contribution < 1.29 is 9.84 Å². The number of aliphatic imine (C=N–C) groups is 1. The molecule has 27 heavy (non-hydrogen) atoms. The van der Waals surface area contributed by atoms with E-state index in [0.717, 1.165) is 38.2 Å². The smallest absolute Gasteiger partial charge is 0.128 e. The highest BCUT2D eigenvalue weighted by Gasteiger charge is 2.24. The van der Waals surface area contributed by atoms with Crippen molar-refractivity contribution in [3.63, 3.8) is 0 Å². The highest BCUT2D eigenvalue weighted by Crippen LogP contribution is 2.27. The molecule has 1 aliphatic heterocycles. The van der Waals surface area contributed by atoms with Crippen molar-refractivity contribution >= 4 is 17.6 Å². The molecule has 0 spiro atoms. The van der Waals surface area contributed by atoms with Gasteiger partial charge in [0.25, 0.3) is 0 Å². The molecule has 0 amide bonds. The van der Waals surface area contributed by atoms with Gasteiger partial charge in [0.2, 0.25) is 0 Å². The normalized spacial score (nSPS) is 17.4. The molecule has 0 saturated carbocycles. The van der Waals surface area contributed by atoms with Gasteiger partial charge in [-0.05, 0) is 37.0 Å². The Labute approximate surface area is 165 Å². The Hall–Kier alpha value is -1.89. The topological polar surface area (TPSA) is 48.3 Å². The molecule has 6 heteroatoms. The summed E-state index contributed by atoms with van der Waals surface area (Å²) in [5.41, 5.74) is 0.724. The Morgan fingerprint density at radius 1 is 1.26 bits per heavy atom. The summed E-state index contributed by atoms with van der Waals surface area (Å²) in [5, 5.41) is 12.4. The number of phenolic OH excluding ortho intramolecular Hbond substituents is 1. The van der Waals surface area contributed by atoms with Gasteiger partial charge in [-0.1, -0.05) is 13.0 Å². The summed E-state index contributed by atoms with van der Waals surface area (Å²) in [6.07, 6.45) is 2.72. The second-order valence-corrected chi connectivity index (χ2v) is 7.91. The number of hydrogen-bond acceptors (Lipinski definition) is 6. The van der Waals surface area contributed by atoms with Gasteiger partial charge in [-0.3, -0.25) is 9.89 Å². The van der Waals surface area contributed by atoms with Gasteiger partial charge >= 0.3 is 0 Å². The van der Waals surface area contributed by atoms with Gasteiger partial charge in [0.15, 0.2) is 0 Å². The van der Waals surface area contributed by atoms with E-state index in [1.807, 2.05) is 12.1 Å². The number of benzene rings is 1. The van der Waals surface area contributed by atoms with Crippen LogP contribution >= 0.6 is 11.3 Å². The van der Waals surface area contributed by atoms with Gasteiger partial charge in [0.05, 0.1) is 19.2 Å². The van der Waals surface area contributed by atoms with Crippen LogP contribution in [-0.2, 0) is 0 Å². The van der Waals surface area contributed by atoms with E-state index in [2.05, 4.69) is 46.3 Å². The van der Waals surface area contributed by atoms with Crippen molar-refractivity contribution in [2.45, 2.75) is 19.4 Å². The molecule has 0 unspecified atom stereocenters. The molecule has 2 aromatic rings. The predicted octanol–water partition coefficient (Wildman–Crippen LogP) is 3.65. The third-order valence-corrected chi connectivity index (χ3v) is 5.81. The van der Waals surface area contributed by atoms with Crippen LogP contribution in [0.5, 0.6) is 11.5 Å². The summed E-state index contributed by atoms with van der Waals surface area (Å²) in [5.74, 6) is 0.903. The highest BCUT2D eigenvalue weighted by molar-refractivity contribution is 7.10. The zero-order valence-electron chi connectivity index (χ0n) is 16.2. The number of hydrogen-bond donors (Lipinski definition) is 1. The average Bonchev–Trinajstić information content (AvgIpc) is 3.20. The number of nitrogens with zero attached hydrogens (tertiary/aromatic N) is 3. The first-order valence-electron chi connectivity index (χ1n) is 9.59. The molecule has 1 fully saturated rings. The van der Waals surface area contributed by atoms with Crippen molar-refractivity contribution in [3.8, 4) is 11.5 Å². The Balaban J connectivity index is 1.66. The van der Waals surface area contributed by atoms with Crippen molar-refractivity contribution in [1.82, 2.24) is 9.80 Å². The molecule has 146 valence electrons. The van der Waals surface area contributed by atoms with Gasteiger partial charge in [0.1, 0.15) is 11.5 Å². The average molecular weight is 388 g/mol. The molecular formula is C21H29N3O2S. The van der Waals surface area contributed by atoms with Gasteiger partial charge < -0.3 is 14.7 Å². The van der Waals surface area contributed by atoms with E-state index in [4.69, 9.17) is 4.74 Å². The fourth-order valence-corrected chi connectivity index (χ4v) is 4.05. The first-order valence-corrected chi connectivity index (χ1v) is 10.5. The zero-order chi connectivity index (χ0) is 19.1. The molecular weight excluding hydrogens is 358 g/mol. The summed E-state index contributed by atoms with van der Waals surface area (Å²) in [6, 6.07) is 10.0. The Morgan fingerprint density at radius 2 is 2.07 bits per heavy atom. The maximum Gasteiger partial charge on any atom is 0.128 e. The zero-order valence-corrected chi connectivity index (χ0v) is 17.0. The third kappa shape index (κ3) is 5.54. The van der Waals surface area contributed by atoms with Crippen LogP contribution in [0.25, 0.3) is 0 Å². The molecule has 0 aliphatic carbocycles. The maximum absolute atomic E-state index is 10.2. The molecule has 3 rings (SSSR count). The lowest BCUT2D eigenvalue weighted by Gasteiger charge is -2.37. The highest BCUT2D eigenvalue weighted by atomic mass is 32.1. The van der Waals surface area contributed by atoms with Crippen LogP contribution in [0.4, 0.5) is 0 Å². The number of rotatable bonds is 8. The lowest BCUT2D eigenvalue weighted by molar-refractivity contribution is 0.116. The molecule has 1 atom stereocenters. The molecule has 2 heterocycles. The van der Waals surface area contributed by atoms with Crippen LogP contribution < -0.4 is 4.74 Å². The SMILES string of the molecule is CCCOc1ccc(C=NC[C@H](c2cccs2)N2CCN(C)CC2)c(O)c1. The minimum absolute atomic E-state index is 0.208. The van der Waals surface area contributed by atoms with Gasteiger partial charge in [-0.15, -0.1) is 11.3 Å². The Bertz CT molecular complexity index is 725. The number of phenols is 1. The molecule has 5 nitrogen and oxygen atoms in total. The van der Waals surface area contributed by atoms with Crippen molar-refractivity contribution in [1.29, 1.82) is 0 Å². The van der Waals surface area contributed by atoms with Crippen LogP contribution in [0.3, 0.4) is 0 Å². The lowest BCUT2D eigenvalue weighted by Crippen LogP contribution is -2.46. The molecule has 0 bridgehead atoms. The summed E-state index contributed by atoms with van der Waals surface area (Å²) in [4.78, 5) is 10.9. The fraction of sp³-hybridized carbons (Fsp3) is 0.476.